The van der Waals surface area contributed by atoms with Crippen LogP contribution >= 0.6 is 0 Å². The van der Waals surface area contributed by atoms with Gasteiger partial charge in [0, 0.05) is 0 Å². The lowest BCUT2D eigenvalue weighted by Gasteiger charge is -2.20. The number of carbonyl (C=O) groups excluding carboxylic acids is 4. The molecule has 44 heavy (non-hydrogen) atoms. The number of aliphatic hydroxyl groups excluding tert-OH is 1. The summed E-state index contributed by atoms with van der Waals surface area (Å²) in [6.45, 7) is 20.1. The van der Waals surface area contributed by atoms with Crippen molar-refractivity contribution in [2.75, 3.05) is 26.4 Å². The van der Waals surface area contributed by atoms with E-state index in [-0.39, 0.29) is 31.7 Å². The standard InChI is InChI=1S/C13H24N2O4.C9H18O3.C8H13F3O2/c1-6-10(3)15-19-12(17)14-8-9-18-11(16)13(4,5)7-2;1-5-9(3,4)8(11)12-6-7(2)10;1-4-7(2,3)6(12)13-5-8(9,10)11/h6-9H2,1-5H3,(H,14,17);7,10H,5-6H2,1-4H3;4-5H2,1-3H3/b15-10+;;. The third kappa shape index (κ3) is 23.5. The Morgan fingerprint density at radius 2 is 1.18 bits per heavy atom. The summed E-state index contributed by atoms with van der Waals surface area (Å²) in [5.41, 5.74) is -1.05. The van der Waals surface area contributed by atoms with E-state index in [9.17, 15) is 32.3 Å². The molecule has 0 aliphatic rings. The first-order valence-corrected chi connectivity index (χ1v) is 14.7. The Morgan fingerprint density at radius 3 is 1.55 bits per heavy atom. The number of carbonyl (C=O) groups is 4. The number of alkyl halides is 3. The van der Waals surface area contributed by atoms with Crippen LogP contribution in [-0.4, -0.2) is 73.5 Å². The summed E-state index contributed by atoms with van der Waals surface area (Å²) in [7, 11) is 0. The van der Waals surface area contributed by atoms with Gasteiger partial charge in [0.2, 0.25) is 0 Å². The predicted octanol–water partition coefficient (Wildman–Crippen LogP) is 6.35. The topological polar surface area (TPSA) is 150 Å². The molecule has 260 valence electrons. The summed E-state index contributed by atoms with van der Waals surface area (Å²) in [5, 5.41) is 14.9. The molecule has 0 saturated heterocycles. The second-order valence-electron chi connectivity index (χ2n) is 12.0. The number of nitrogens with one attached hydrogen (secondary N) is 1. The Labute approximate surface area is 260 Å². The van der Waals surface area contributed by atoms with E-state index in [0.29, 0.717) is 12.8 Å². The number of hydrogen-bond donors (Lipinski definition) is 2. The van der Waals surface area contributed by atoms with Gasteiger partial charge >= 0.3 is 30.2 Å². The molecule has 14 heteroatoms. The normalized spacial score (nSPS) is 12.8. The zero-order valence-electron chi connectivity index (χ0n) is 28.5. The van der Waals surface area contributed by atoms with Gasteiger partial charge in [-0.25, -0.2) is 4.79 Å². The van der Waals surface area contributed by atoms with Gasteiger partial charge in [0.05, 0.1) is 34.6 Å². The zero-order chi connectivity index (χ0) is 35.4. The van der Waals surface area contributed by atoms with Gasteiger partial charge in [0.15, 0.2) is 6.61 Å². The maximum atomic E-state index is 11.6. The van der Waals surface area contributed by atoms with Gasteiger partial charge in [-0.2, -0.15) is 13.2 Å². The average Bonchev–Trinajstić information content (AvgIpc) is 2.95. The van der Waals surface area contributed by atoms with E-state index >= 15 is 0 Å². The molecule has 2 N–H and O–H groups in total. The largest absolute Gasteiger partial charge is 0.463 e. The van der Waals surface area contributed by atoms with Gasteiger partial charge < -0.3 is 24.6 Å². The minimum atomic E-state index is -4.44. The van der Waals surface area contributed by atoms with Crippen LogP contribution in [0.2, 0.25) is 0 Å². The Hall–Kier alpha value is -2.90. The van der Waals surface area contributed by atoms with Gasteiger partial charge in [-0.15, -0.1) is 0 Å². The molecule has 0 aromatic carbocycles. The zero-order valence-corrected chi connectivity index (χ0v) is 28.5. The number of halogens is 3. The lowest BCUT2D eigenvalue weighted by Crippen LogP contribution is -2.31. The number of rotatable bonds is 14. The molecule has 0 heterocycles. The molecule has 0 radical (unpaired) electrons. The fourth-order valence-corrected chi connectivity index (χ4v) is 1.88. The van der Waals surface area contributed by atoms with Gasteiger partial charge in [0.1, 0.15) is 13.2 Å². The quantitative estimate of drug-likeness (QED) is 0.0550. The Morgan fingerprint density at radius 1 is 0.773 bits per heavy atom. The highest BCUT2D eigenvalue weighted by Crippen LogP contribution is 2.24. The number of amides is 1. The number of esters is 3. The van der Waals surface area contributed by atoms with E-state index in [2.05, 4.69) is 20.0 Å². The monoisotopic (exact) mass is 644 g/mol. The molecular weight excluding hydrogens is 589 g/mol. The highest BCUT2D eigenvalue weighted by atomic mass is 19.4. The van der Waals surface area contributed by atoms with Crippen molar-refractivity contribution < 1.29 is 56.5 Å². The maximum Gasteiger partial charge on any atom is 0.433 e. The first-order valence-electron chi connectivity index (χ1n) is 14.7. The van der Waals surface area contributed by atoms with Gasteiger partial charge in [-0.05, 0) is 81.1 Å². The molecule has 0 bridgehead atoms. The van der Waals surface area contributed by atoms with E-state index in [0.717, 1.165) is 18.6 Å². The molecule has 11 nitrogen and oxygen atoms in total. The molecule has 0 aliphatic heterocycles. The van der Waals surface area contributed by atoms with Crippen LogP contribution in [0.3, 0.4) is 0 Å². The SMILES string of the molecule is CC/C(C)=N/OC(=O)NCCOC(=O)C(C)(C)CC.CCC(C)(C)C(=O)OCC(C)O.CCC(C)(C)C(=O)OCC(F)(F)F. The fourth-order valence-electron chi connectivity index (χ4n) is 1.88. The van der Waals surface area contributed by atoms with Crippen LogP contribution in [0, 0.1) is 16.2 Å². The second kappa shape index (κ2) is 21.7. The summed E-state index contributed by atoms with van der Waals surface area (Å²) in [6, 6.07) is 0. The summed E-state index contributed by atoms with van der Waals surface area (Å²) < 4.78 is 48.9. The molecule has 0 fully saturated rings. The molecule has 0 saturated carbocycles. The Balaban J connectivity index is -0.000000595. The van der Waals surface area contributed by atoms with Gasteiger partial charge in [-0.1, -0.05) is 32.9 Å². The number of oxime groups is 1. The molecule has 0 rings (SSSR count). The van der Waals surface area contributed by atoms with E-state index < -0.39 is 47.2 Å². The summed E-state index contributed by atoms with van der Waals surface area (Å²) in [6.07, 6.45) is -3.07. The summed E-state index contributed by atoms with van der Waals surface area (Å²) in [4.78, 5) is 49.7. The average molecular weight is 645 g/mol. The highest BCUT2D eigenvalue weighted by molar-refractivity contribution is 5.82. The molecular formula is C30H55F3N2O9. The number of aliphatic hydroxyl groups is 1. The van der Waals surface area contributed by atoms with Gasteiger partial charge in [0.25, 0.3) is 0 Å². The van der Waals surface area contributed by atoms with Crippen molar-refractivity contribution in [1.82, 2.24) is 5.32 Å². The molecule has 0 aliphatic carbocycles. The second-order valence-corrected chi connectivity index (χ2v) is 12.0. The maximum absolute atomic E-state index is 11.6. The predicted molar refractivity (Wildman–Crippen MR) is 161 cm³/mol. The molecule has 0 aromatic rings. The van der Waals surface area contributed by atoms with Crippen molar-refractivity contribution in [2.24, 2.45) is 21.4 Å². The lowest BCUT2D eigenvalue weighted by molar-refractivity contribution is -0.192. The van der Waals surface area contributed by atoms with Crippen molar-refractivity contribution in [1.29, 1.82) is 0 Å². The minimum Gasteiger partial charge on any atom is -0.463 e. The third-order valence-electron chi connectivity index (χ3n) is 6.53. The molecule has 0 spiro atoms. The lowest BCUT2D eigenvalue weighted by atomic mass is 9.91. The van der Waals surface area contributed by atoms with E-state index in [1.54, 1.807) is 34.6 Å². The van der Waals surface area contributed by atoms with E-state index in [4.69, 9.17) is 14.6 Å². The highest BCUT2D eigenvalue weighted by Gasteiger charge is 2.34. The number of nitrogens with zero attached hydrogens (tertiary/aromatic N) is 1. The molecule has 1 atom stereocenters. The van der Waals surface area contributed by atoms with Gasteiger partial charge in [-0.3, -0.25) is 19.2 Å². The summed E-state index contributed by atoms with van der Waals surface area (Å²) in [5.74, 6) is -1.33. The van der Waals surface area contributed by atoms with Crippen molar-refractivity contribution in [3.63, 3.8) is 0 Å². The minimum absolute atomic E-state index is 0.0856. The third-order valence-corrected chi connectivity index (χ3v) is 6.53. The van der Waals surface area contributed by atoms with Crippen molar-refractivity contribution in [3.8, 4) is 0 Å². The van der Waals surface area contributed by atoms with Crippen LogP contribution < -0.4 is 5.32 Å². The molecule has 1 amide bonds. The van der Waals surface area contributed by atoms with Crippen LogP contribution in [0.5, 0.6) is 0 Å². The van der Waals surface area contributed by atoms with Crippen LogP contribution in [0.1, 0.15) is 109 Å². The van der Waals surface area contributed by atoms with E-state index in [1.165, 1.54) is 0 Å². The van der Waals surface area contributed by atoms with Crippen LogP contribution in [0.25, 0.3) is 0 Å². The van der Waals surface area contributed by atoms with Crippen molar-refractivity contribution in [2.45, 2.75) is 121 Å². The first kappa shape index (κ1) is 45.5. The first-order chi connectivity index (χ1) is 19.9. The Kier molecular flexibility index (Phi) is 22.5. The smallest absolute Gasteiger partial charge is 0.433 e. The van der Waals surface area contributed by atoms with Crippen LogP contribution in [0.15, 0.2) is 5.16 Å². The Bertz CT molecular complexity index is 901. The molecule has 1 unspecified atom stereocenters. The van der Waals surface area contributed by atoms with Crippen LogP contribution in [-0.2, 0) is 33.4 Å². The number of hydrogen-bond acceptors (Lipinski definition) is 10. The fraction of sp³-hybridized carbons (Fsp3) is 0.833. The number of ether oxygens (including phenoxy) is 3. The van der Waals surface area contributed by atoms with Crippen LogP contribution in [0.4, 0.5) is 18.0 Å². The van der Waals surface area contributed by atoms with Crippen molar-refractivity contribution >= 4 is 29.7 Å². The van der Waals surface area contributed by atoms with Crippen molar-refractivity contribution in [3.05, 3.63) is 0 Å². The molecule has 0 aromatic heterocycles. The van der Waals surface area contributed by atoms with E-state index in [1.807, 2.05) is 48.5 Å². The summed E-state index contributed by atoms with van der Waals surface area (Å²) >= 11 is 0.